The highest BCUT2D eigenvalue weighted by Crippen LogP contribution is 2.56. The standard InChI is InChI=1S/C26H29N3O4/c1-4-33-24(31)17-7-9-18(10-8-17)27-23(30)21-14-19-6-5-11-29(19)26(21)20-13-15(2)12-16(3)22(20)28-25(26)32/h7-10,12-13,19,21H,4-6,11,14H2,1-3H3,(H,27,30)(H,28,32)/t19-,21-,26+/m0/s1. The van der Waals surface area contributed by atoms with Crippen molar-refractivity contribution >= 4 is 29.2 Å². The van der Waals surface area contributed by atoms with Gasteiger partial charge < -0.3 is 15.4 Å². The van der Waals surface area contributed by atoms with E-state index in [4.69, 9.17) is 4.74 Å². The molecule has 3 aliphatic rings. The van der Waals surface area contributed by atoms with E-state index in [0.717, 1.165) is 41.8 Å². The van der Waals surface area contributed by atoms with Crippen LogP contribution in [0.4, 0.5) is 11.4 Å². The van der Waals surface area contributed by atoms with Crippen LogP contribution in [0.1, 0.15) is 53.2 Å². The summed E-state index contributed by atoms with van der Waals surface area (Å²) in [5.41, 5.74) is 3.91. The molecule has 5 rings (SSSR count). The SMILES string of the molecule is CCOC(=O)c1ccc(NC(=O)[C@@H]2C[C@@H]3CCCN3[C@@]23C(=O)Nc2c(C)cc(C)cc23)cc1. The Balaban J connectivity index is 1.49. The first kappa shape index (κ1) is 21.6. The maximum Gasteiger partial charge on any atom is 0.338 e. The normalized spacial score (nSPS) is 25.6. The van der Waals surface area contributed by atoms with Crippen LogP contribution in [-0.4, -0.2) is 41.9 Å². The molecule has 2 fully saturated rings. The molecule has 0 unspecified atom stereocenters. The van der Waals surface area contributed by atoms with E-state index in [1.54, 1.807) is 31.2 Å². The van der Waals surface area contributed by atoms with Crippen molar-refractivity contribution in [3.05, 3.63) is 58.7 Å². The summed E-state index contributed by atoms with van der Waals surface area (Å²) in [7, 11) is 0. The lowest BCUT2D eigenvalue weighted by Crippen LogP contribution is -2.53. The monoisotopic (exact) mass is 447 g/mol. The number of carbonyl (C=O) groups excluding carboxylic acids is 3. The Bertz CT molecular complexity index is 1140. The van der Waals surface area contributed by atoms with Crippen molar-refractivity contribution in [3.8, 4) is 0 Å². The zero-order valence-corrected chi connectivity index (χ0v) is 19.2. The highest BCUT2D eigenvalue weighted by atomic mass is 16.5. The molecule has 3 atom stereocenters. The fourth-order valence-corrected chi connectivity index (χ4v) is 6.01. The summed E-state index contributed by atoms with van der Waals surface area (Å²) in [5.74, 6) is -1.17. The molecule has 2 aromatic rings. The Morgan fingerprint density at radius 2 is 1.97 bits per heavy atom. The zero-order valence-electron chi connectivity index (χ0n) is 19.2. The van der Waals surface area contributed by atoms with Crippen molar-refractivity contribution in [3.63, 3.8) is 0 Å². The number of ether oxygens (including phenoxy) is 1. The van der Waals surface area contributed by atoms with Crippen LogP contribution in [0.5, 0.6) is 0 Å². The molecule has 33 heavy (non-hydrogen) atoms. The van der Waals surface area contributed by atoms with Crippen molar-refractivity contribution in [1.82, 2.24) is 4.90 Å². The number of esters is 1. The highest BCUT2D eigenvalue weighted by Gasteiger charge is 2.65. The fourth-order valence-electron chi connectivity index (χ4n) is 6.01. The van der Waals surface area contributed by atoms with Gasteiger partial charge in [-0.15, -0.1) is 0 Å². The van der Waals surface area contributed by atoms with Gasteiger partial charge in [0.15, 0.2) is 0 Å². The van der Waals surface area contributed by atoms with Crippen molar-refractivity contribution in [1.29, 1.82) is 0 Å². The number of amides is 2. The summed E-state index contributed by atoms with van der Waals surface area (Å²) in [4.78, 5) is 41.5. The third-order valence-corrected chi connectivity index (χ3v) is 7.30. The molecule has 2 amide bonds. The van der Waals surface area contributed by atoms with Crippen LogP contribution in [0.25, 0.3) is 0 Å². The number of aryl methyl sites for hydroxylation is 2. The maximum atomic E-state index is 13.6. The minimum absolute atomic E-state index is 0.103. The Morgan fingerprint density at radius 3 is 2.70 bits per heavy atom. The van der Waals surface area contributed by atoms with Crippen LogP contribution in [0.2, 0.25) is 0 Å². The first-order valence-electron chi connectivity index (χ1n) is 11.6. The molecular formula is C26H29N3O4. The summed E-state index contributed by atoms with van der Waals surface area (Å²) in [6.45, 7) is 6.90. The van der Waals surface area contributed by atoms with E-state index in [2.05, 4.69) is 27.7 Å². The van der Waals surface area contributed by atoms with Crippen LogP contribution in [-0.2, 0) is 19.9 Å². The molecule has 7 heteroatoms. The lowest BCUT2D eigenvalue weighted by molar-refractivity contribution is -0.135. The molecule has 0 aliphatic carbocycles. The number of hydrogen-bond donors (Lipinski definition) is 2. The lowest BCUT2D eigenvalue weighted by atomic mass is 9.77. The molecule has 0 bridgehead atoms. The van der Waals surface area contributed by atoms with Gasteiger partial charge in [0, 0.05) is 23.0 Å². The molecule has 172 valence electrons. The summed E-state index contributed by atoms with van der Waals surface area (Å²) in [6, 6.07) is 11.0. The Hall–Kier alpha value is -3.19. The number of hydrogen-bond acceptors (Lipinski definition) is 5. The Kier molecular flexibility index (Phi) is 5.24. The molecule has 2 aromatic carbocycles. The molecule has 0 radical (unpaired) electrons. The maximum absolute atomic E-state index is 13.6. The first-order chi connectivity index (χ1) is 15.9. The third-order valence-electron chi connectivity index (χ3n) is 7.30. The number of fused-ring (bicyclic) bond motifs is 4. The summed E-state index contributed by atoms with van der Waals surface area (Å²) in [6.07, 6.45) is 2.67. The molecule has 3 heterocycles. The van der Waals surface area contributed by atoms with Gasteiger partial charge in [0.2, 0.25) is 11.8 Å². The molecule has 0 saturated carbocycles. The predicted molar refractivity (Wildman–Crippen MR) is 125 cm³/mol. The van der Waals surface area contributed by atoms with E-state index in [0.29, 0.717) is 24.3 Å². The second-order valence-electron chi connectivity index (χ2n) is 9.29. The van der Waals surface area contributed by atoms with Gasteiger partial charge in [-0.3, -0.25) is 14.5 Å². The second-order valence-corrected chi connectivity index (χ2v) is 9.29. The van der Waals surface area contributed by atoms with Gasteiger partial charge in [-0.05, 0) is 76.4 Å². The molecule has 2 saturated heterocycles. The number of rotatable bonds is 4. The van der Waals surface area contributed by atoms with E-state index in [1.807, 2.05) is 13.8 Å². The minimum atomic E-state index is -0.984. The molecular weight excluding hydrogens is 418 g/mol. The van der Waals surface area contributed by atoms with E-state index < -0.39 is 17.4 Å². The minimum Gasteiger partial charge on any atom is -0.462 e. The molecule has 7 nitrogen and oxygen atoms in total. The van der Waals surface area contributed by atoms with Gasteiger partial charge >= 0.3 is 5.97 Å². The summed E-state index contributed by atoms with van der Waals surface area (Å²) in [5, 5.41) is 6.11. The largest absolute Gasteiger partial charge is 0.462 e. The van der Waals surface area contributed by atoms with E-state index in [9.17, 15) is 14.4 Å². The summed E-state index contributed by atoms with van der Waals surface area (Å²) < 4.78 is 5.02. The number of anilines is 2. The van der Waals surface area contributed by atoms with E-state index >= 15 is 0 Å². The number of nitrogens with one attached hydrogen (secondary N) is 2. The fraction of sp³-hybridized carbons (Fsp3) is 0.423. The average Bonchev–Trinajstić information content (AvgIpc) is 3.44. The average molecular weight is 448 g/mol. The number of nitrogens with zero attached hydrogens (tertiary/aromatic N) is 1. The van der Waals surface area contributed by atoms with E-state index in [-0.39, 0.29) is 17.9 Å². The quantitative estimate of drug-likeness (QED) is 0.697. The van der Waals surface area contributed by atoms with Crippen LogP contribution in [0, 0.1) is 19.8 Å². The Labute approximate surface area is 193 Å². The Morgan fingerprint density at radius 1 is 1.21 bits per heavy atom. The van der Waals surface area contributed by atoms with Crippen LogP contribution < -0.4 is 10.6 Å². The van der Waals surface area contributed by atoms with Gasteiger partial charge in [-0.25, -0.2) is 4.79 Å². The topological polar surface area (TPSA) is 87.7 Å². The van der Waals surface area contributed by atoms with Crippen molar-refractivity contribution < 1.29 is 19.1 Å². The van der Waals surface area contributed by atoms with Crippen molar-refractivity contribution in [2.24, 2.45) is 5.92 Å². The van der Waals surface area contributed by atoms with Crippen LogP contribution in [0.15, 0.2) is 36.4 Å². The van der Waals surface area contributed by atoms with Crippen LogP contribution in [0.3, 0.4) is 0 Å². The van der Waals surface area contributed by atoms with Gasteiger partial charge in [0.05, 0.1) is 18.1 Å². The van der Waals surface area contributed by atoms with Crippen molar-refractivity contribution in [2.45, 2.75) is 51.6 Å². The van der Waals surface area contributed by atoms with Gasteiger partial charge in [0.1, 0.15) is 5.54 Å². The van der Waals surface area contributed by atoms with Gasteiger partial charge in [0.25, 0.3) is 0 Å². The molecule has 0 aromatic heterocycles. The molecule has 1 spiro atoms. The van der Waals surface area contributed by atoms with Gasteiger partial charge in [-0.2, -0.15) is 0 Å². The van der Waals surface area contributed by atoms with E-state index in [1.165, 1.54) is 0 Å². The summed E-state index contributed by atoms with van der Waals surface area (Å²) >= 11 is 0. The van der Waals surface area contributed by atoms with Crippen molar-refractivity contribution in [2.75, 3.05) is 23.8 Å². The highest BCUT2D eigenvalue weighted by molar-refractivity contribution is 6.11. The number of benzene rings is 2. The zero-order chi connectivity index (χ0) is 23.3. The molecule has 2 N–H and O–H groups in total. The first-order valence-corrected chi connectivity index (χ1v) is 11.6. The number of carbonyl (C=O) groups is 3. The predicted octanol–water partition coefficient (Wildman–Crippen LogP) is 3.75. The smallest absolute Gasteiger partial charge is 0.338 e. The third kappa shape index (κ3) is 3.25. The van der Waals surface area contributed by atoms with Crippen LogP contribution >= 0.6 is 0 Å². The molecule has 3 aliphatic heterocycles. The second kappa shape index (κ2) is 7.99. The van der Waals surface area contributed by atoms with Gasteiger partial charge in [-0.1, -0.05) is 17.7 Å². The lowest BCUT2D eigenvalue weighted by Gasteiger charge is -2.36.